The van der Waals surface area contributed by atoms with Crippen LogP contribution >= 0.6 is 11.8 Å². The fraction of sp³-hybridized carbons (Fsp3) is 0.220. The predicted octanol–water partition coefficient (Wildman–Crippen LogP) is 6.33. The zero-order valence-corrected chi connectivity index (χ0v) is 31.6. The molecule has 1 aromatic heterocycles. The average Bonchev–Trinajstić information content (AvgIpc) is 3.69. The molecule has 5 aromatic carbocycles. The topological polar surface area (TPSA) is 158 Å². The standard InChI is InChI=1S/C41H40N6O6S2/c1-28-15-21-36(22-16-28)55(50,51)44-37(23-29-9-4-2-5-10-29)39(49)42-33-12-8-11-32(24-33)40-52-35(25-38(53-40)31-19-17-30(26-48)18-20-31)27-54-41-43-45-46-47(41)34-13-6-3-7-14-34/h2-22,24,35,37-38,40,44,48H,23,25-27H2,1H3,(H,42,49)/t35-,37+,38+,40+/m0/s1. The van der Waals surface area contributed by atoms with Gasteiger partial charge in [-0.15, -0.1) is 5.10 Å². The van der Waals surface area contributed by atoms with Gasteiger partial charge in [0.15, 0.2) is 6.29 Å². The molecule has 1 aliphatic heterocycles. The summed E-state index contributed by atoms with van der Waals surface area (Å²) in [6, 6.07) is 39.1. The number of rotatable bonds is 14. The van der Waals surface area contributed by atoms with E-state index in [0.717, 1.165) is 27.9 Å². The van der Waals surface area contributed by atoms with Gasteiger partial charge in [0, 0.05) is 23.4 Å². The SMILES string of the molecule is Cc1ccc(S(=O)(=O)N[C@H](Cc2ccccc2)C(=O)Nc2cccc([C@@H]3O[C@H](CSc4nnnn4-c4ccccc4)C[C@H](c4ccc(CO)cc4)O3)c2)cc1. The summed E-state index contributed by atoms with van der Waals surface area (Å²) in [5.41, 5.74) is 5.40. The molecular formula is C41H40N6O6S2. The molecule has 0 saturated carbocycles. The largest absolute Gasteiger partial charge is 0.392 e. The molecule has 55 heavy (non-hydrogen) atoms. The molecule has 12 nitrogen and oxygen atoms in total. The molecule has 1 amide bonds. The molecule has 0 bridgehead atoms. The predicted molar refractivity (Wildman–Crippen MR) is 209 cm³/mol. The summed E-state index contributed by atoms with van der Waals surface area (Å²) in [6.45, 7) is 1.81. The van der Waals surface area contributed by atoms with Gasteiger partial charge in [-0.25, -0.2) is 8.42 Å². The summed E-state index contributed by atoms with van der Waals surface area (Å²) in [4.78, 5) is 14.0. The lowest BCUT2D eigenvalue weighted by Gasteiger charge is -2.36. The number of aliphatic hydroxyl groups excluding tert-OH is 1. The van der Waals surface area contributed by atoms with Crippen molar-refractivity contribution >= 4 is 33.4 Å². The van der Waals surface area contributed by atoms with Crippen LogP contribution in [-0.2, 0) is 37.3 Å². The Hall–Kier alpha value is -5.22. The summed E-state index contributed by atoms with van der Waals surface area (Å²) in [5.74, 6) is 0.00577. The van der Waals surface area contributed by atoms with Crippen molar-refractivity contribution in [2.75, 3.05) is 11.1 Å². The van der Waals surface area contributed by atoms with Crippen LogP contribution in [0.25, 0.3) is 5.69 Å². The van der Waals surface area contributed by atoms with Crippen LogP contribution in [0.15, 0.2) is 144 Å². The Labute approximate surface area is 324 Å². The Morgan fingerprint density at radius 2 is 1.60 bits per heavy atom. The number of sulfonamides is 1. The van der Waals surface area contributed by atoms with E-state index in [9.17, 15) is 18.3 Å². The van der Waals surface area contributed by atoms with E-state index in [0.29, 0.717) is 28.6 Å². The lowest BCUT2D eigenvalue weighted by molar-refractivity contribution is -0.245. The fourth-order valence-corrected chi connectivity index (χ4v) is 8.30. The van der Waals surface area contributed by atoms with Gasteiger partial charge in [-0.3, -0.25) is 4.79 Å². The molecule has 0 radical (unpaired) electrons. The molecule has 1 saturated heterocycles. The minimum Gasteiger partial charge on any atom is -0.392 e. The molecule has 6 aromatic rings. The molecule has 3 N–H and O–H groups in total. The number of nitrogens with one attached hydrogen (secondary N) is 2. The summed E-state index contributed by atoms with van der Waals surface area (Å²) < 4.78 is 44.3. The molecular weight excluding hydrogens is 737 g/mol. The number of thioether (sulfide) groups is 1. The summed E-state index contributed by atoms with van der Waals surface area (Å²) in [5, 5.41) is 25.5. The third-order valence-corrected chi connectivity index (χ3v) is 11.6. The van der Waals surface area contributed by atoms with E-state index in [-0.39, 0.29) is 30.1 Å². The molecule has 282 valence electrons. The van der Waals surface area contributed by atoms with Gasteiger partial charge in [-0.1, -0.05) is 114 Å². The van der Waals surface area contributed by atoms with Gasteiger partial charge >= 0.3 is 0 Å². The van der Waals surface area contributed by atoms with E-state index in [1.54, 1.807) is 35.0 Å². The van der Waals surface area contributed by atoms with Gasteiger partial charge in [0.2, 0.25) is 21.1 Å². The van der Waals surface area contributed by atoms with Crippen LogP contribution in [0.3, 0.4) is 0 Å². The first-order chi connectivity index (χ1) is 26.7. The van der Waals surface area contributed by atoms with E-state index >= 15 is 0 Å². The number of ether oxygens (including phenoxy) is 2. The number of carbonyl (C=O) groups is 1. The lowest BCUT2D eigenvalue weighted by atomic mass is 10.0. The monoisotopic (exact) mass is 776 g/mol. The van der Waals surface area contributed by atoms with E-state index in [1.165, 1.54) is 23.9 Å². The number of tetrazole rings is 1. The Balaban J connectivity index is 1.11. The number of anilines is 1. The highest BCUT2D eigenvalue weighted by Crippen LogP contribution is 2.40. The molecule has 2 heterocycles. The molecule has 14 heteroatoms. The van der Waals surface area contributed by atoms with E-state index in [2.05, 4.69) is 25.6 Å². The Morgan fingerprint density at radius 1 is 0.873 bits per heavy atom. The Morgan fingerprint density at radius 3 is 2.33 bits per heavy atom. The highest BCUT2D eigenvalue weighted by molar-refractivity contribution is 7.99. The number of hydrogen-bond donors (Lipinski definition) is 3. The number of carbonyl (C=O) groups excluding carboxylic acids is 1. The van der Waals surface area contributed by atoms with E-state index in [1.807, 2.05) is 97.9 Å². The van der Waals surface area contributed by atoms with Crippen molar-refractivity contribution in [3.63, 3.8) is 0 Å². The molecule has 0 spiro atoms. The maximum Gasteiger partial charge on any atom is 0.242 e. The van der Waals surface area contributed by atoms with Gasteiger partial charge in [0.05, 0.1) is 29.4 Å². The van der Waals surface area contributed by atoms with Crippen LogP contribution in [0.1, 0.15) is 46.6 Å². The van der Waals surface area contributed by atoms with Crippen molar-refractivity contribution < 1.29 is 27.8 Å². The zero-order chi connectivity index (χ0) is 38.2. The van der Waals surface area contributed by atoms with Crippen molar-refractivity contribution in [1.82, 2.24) is 24.9 Å². The fourth-order valence-electron chi connectivity index (χ4n) is 6.19. The highest BCUT2D eigenvalue weighted by atomic mass is 32.2. The van der Waals surface area contributed by atoms with Crippen LogP contribution < -0.4 is 10.0 Å². The average molecular weight is 777 g/mol. The zero-order valence-electron chi connectivity index (χ0n) is 29.9. The molecule has 1 aliphatic rings. The van der Waals surface area contributed by atoms with Crippen molar-refractivity contribution in [1.29, 1.82) is 0 Å². The van der Waals surface area contributed by atoms with Crippen molar-refractivity contribution in [2.45, 2.75) is 61.0 Å². The van der Waals surface area contributed by atoms with Crippen LogP contribution in [0, 0.1) is 6.92 Å². The van der Waals surface area contributed by atoms with Crippen molar-refractivity contribution in [2.24, 2.45) is 0 Å². The third kappa shape index (κ3) is 9.72. The first-order valence-corrected chi connectivity index (χ1v) is 20.2. The first-order valence-electron chi connectivity index (χ1n) is 17.7. The highest BCUT2D eigenvalue weighted by Gasteiger charge is 2.33. The molecule has 4 atom stereocenters. The smallest absolute Gasteiger partial charge is 0.242 e. The normalized spacial score (nSPS) is 17.7. The number of para-hydroxylation sites is 1. The maximum absolute atomic E-state index is 13.9. The summed E-state index contributed by atoms with van der Waals surface area (Å²) in [6.07, 6.45) is -0.739. The van der Waals surface area contributed by atoms with Gasteiger partial charge in [0.25, 0.3) is 0 Å². The number of benzene rings is 5. The second kappa shape index (κ2) is 17.5. The molecule has 7 rings (SSSR count). The molecule has 0 unspecified atom stereocenters. The Kier molecular flexibility index (Phi) is 12.1. The summed E-state index contributed by atoms with van der Waals surface area (Å²) in [7, 11) is -4.02. The van der Waals surface area contributed by atoms with Crippen LogP contribution in [0.2, 0.25) is 0 Å². The quantitative estimate of drug-likeness (QED) is 0.107. The van der Waals surface area contributed by atoms with Crippen LogP contribution in [0.4, 0.5) is 5.69 Å². The van der Waals surface area contributed by atoms with Gasteiger partial charge in [-0.05, 0) is 76.9 Å². The van der Waals surface area contributed by atoms with Gasteiger partial charge in [0.1, 0.15) is 6.04 Å². The third-order valence-electron chi connectivity index (χ3n) is 9.11. The number of aliphatic hydroxyl groups is 1. The minimum atomic E-state index is -4.02. The molecule has 1 fully saturated rings. The maximum atomic E-state index is 13.9. The number of aryl methyl sites for hydroxylation is 1. The number of nitrogens with zero attached hydrogens (tertiary/aromatic N) is 4. The Bertz CT molecular complexity index is 2290. The van der Waals surface area contributed by atoms with Crippen LogP contribution in [-0.4, -0.2) is 57.5 Å². The van der Waals surface area contributed by atoms with Crippen molar-refractivity contribution in [3.05, 3.63) is 161 Å². The molecule has 0 aliphatic carbocycles. The number of aromatic nitrogens is 4. The van der Waals surface area contributed by atoms with E-state index in [4.69, 9.17) is 9.47 Å². The van der Waals surface area contributed by atoms with E-state index < -0.39 is 28.3 Å². The van der Waals surface area contributed by atoms with Crippen LogP contribution in [0.5, 0.6) is 0 Å². The second-order valence-corrected chi connectivity index (χ2v) is 15.9. The van der Waals surface area contributed by atoms with Crippen molar-refractivity contribution in [3.8, 4) is 5.69 Å². The summed E-state index contributed by atoms with van der Waals surface area (Å²) >= 11 is 1.47. The number of hydrogen-bond acceptors (Lipinski definition) is 10. The van der Waals surface area contributed by atoms with Gasteiger partial charge < -0.3 is 19.9 Å². The van der Waals surface area contributed by atoms with Gasteiger partial charge in [-0.2, -0.15) is 9.40 Å². The minimum absolute atomic E-state index is 0.0644. The lowest BCUT2D eigenvalue weighted by Crippen LogP contribution is -2.45. The number of amides is 1. The second-order valence-electron chi connectivity index (χ2n) is 13.2. The first kappa shape index (κ1) is 38.1.